The number of nitrogens with zero attached hydrogens (tertiary/aromatic N) is 1. The number of nitrogens with one attached hydrogen (secondary N) is 1. The zero-order valence-corrected chi connectivity index (χ0v) is 10.9. The van der Waals surface area contributed by atoms with Gasteiger partial charge in [-0.25, -0.2) is 4.79 Å². The second-order valence-corrected chi connectivity index (χ2v) is 4.66. The van der Waals surface area contributed by atoms with Crippen molar-refractivity contribution in [2.75, 3.05) is 6.61 Å². The van der Waals surface area contributed by atoms with Crippen LogP contribution >= 0.6 is 0 Å². The van der Waals surface area contributed by atoms with Crippen molar-refractivity contribution in [3.8, 4) is 0 Å². The van der Waals surface area contributed by atoms with Crippen LogP contribution in [0.15, 0.2) is 28.4 Å². The van der Waals surface area contributed by atoms with Crippen molar-refractivity contribution in [2.45, 2.75) is 30.6 Å². The van der Waals surface area contributed by atoms with E-state index in [1.807, 2.05) is 4.98 Å². The molecule has 9 heteroatoms. The average Bonchev–Trinajstić information content (AvgIpc) is 2.74. The van der Waals surface area contributed by atoms with Crippen LogP contribution in [0.4, 0.5) is 0 Å². The molecule has 2 rings (SSSR count). The molecule has 1 fully saturated rings. The molecular formula is C12H16N2O7. The molecule has 5 atom stereocenters. The highest BCUT2D eigenvalue weighted by Crippen LogP contribution is 2.28. The van der Waals surface area contributed by atoms with E-state index in [4.69, 9.17) is 9.84 Å². The van der Waals surface area contributed by atoms with E-state index < -0.39 is 48.5 Å². The highest BCUT2D eigenvalue weighted by Gasteiger charge is 2.43. The molecule has 2 heterocycles. The lowest BCUT2D eigenvalue weighted by molar-refractivity contribution is -0.0552. The predicted octanol–water partition coefficient (Wildman–Crippen LogP) is -2.63. The highest BCUT2D eigenvalue weighted by atomic mass is 16.6. The second kappa shape index (κ2) is 5.92. The van der Waals surface area contributed by atoms with Gasteiger partial charge in [-0.2, -0.15) is 0 Å². The van der Waals surface area contributed by atoms with Crippen LogP contribution in [0, 0.1) is 0 Å². The van der Waals surface area contributed by atoms with Crippen LogP contribution in [-0.4, -0.2) is 54.9 Å². The van der Waals surface area contributed by atoms with Crippen LogP contribution in [0.2, 0.25) is 0 Å². The minimum Gasteiger partial charge on any atom is -0.394 e. The van der Waals surface area contributed by atoms with E-state index in [0.29, 0.717) is 0 Å². The Morgan fingerprint density at radius 3 is 2.62 bits per heavy atom. The third-order valence-electron chi connectivity index (χ3n) is 3.33. The fourth-order valence-corrected chi connectivity index (χ4v) is 2.14. The second-order valence-electron chi connectivity index (χ2n) is 4.66. The maximum Gasteiger partial charge on any atom is 0.330 e. The summed E-state index contributed by atoms with van der Waals surface area (Å²) < 4.78 is 6.03. The molecule has 1 aromatic rings. The lowest BCUT2D eigenvalue weighted by atomic mass is 10.1. The quantitative estimate of drug-likeness (QED) is 0.382. The summed E-state index contributed by atoms with van der Waals surface area (Å²) in [7, 11) is 0. The van der Waals surface area contributed by atoms with Gasteiger partial charge in [0.2, 0.25) is 0 Å². The summed E-state index contributed by atoms with van der Waals surface area (Å²) >= 11 is 0. The van der Waals surface area contributed by atoms with E-state index in [-0.39, 0.29) is 5.56 Å². The fourth-order valence-electron chi connectivity index (χ4n) is 2.14. The first-order valence-electron chi connectivity index (χ1n) is 6.19. The van der Waals surface area contributed by atoms with Crippen molar-refractivity contribution in [2.24, 2.45) is 0 Å². The summed E-state index contributed by atoms with van der Waals surface area (Å²) in [6.45, 7) is 2.79. The van der Waals surface area contributed by atoms with Crippen LogP contribution < -0.4 is 11.2 Å². The zero-order valence-electron chi connectivity index (χ0n) is 10.9. The molecule has 0 spiro atoms. The Kier molecular flexibility index (Phi) is 4.40. The summed E-state index contributed by atoms with van der Waals surface area (Å²) in [4.78, 5) is 25.4. The number of H-pyrrole nitrogens is 1. The van der Waals surface area contributed by atoms with Crippen molar-refractivity contribution in [1.82, 2.24) is 9.55 Å². The predicted molar refractivity (Wildman–Crippen MR) is 69.5 cm³/mol. The first-order valence-corrected chi connectivity index (χ1v) is 6.19. The third-order valence-corrected chi connectivity index (χ3v) is 3.33. The van der Waals surface area contributed by atoms with E-state index in [1.165, 1.54) is 0 Å². The van der Waals surface area contributed by atoms with Gasteiger partial charge in [0, 0.05) is 6.20 Å². The SMILES string of the molecule is C=CC(O)c1cn([C@@H]2O[C@H](CO)[C@@H](O)[C@H]2O)c(=O)[nH]c1=O. The molecule has 0 aliphatic carbocycles. The van der Waals surface area contributed by atoms with Gasteiger partial charge in [-0.3, -0.25) is 14.3 Å². The van der Waals surface area contributed by atoms with Crippen LogP contribution in [0.5, 0.6) is 0 Å². The number of aromatic amines is 1. The van der Waals surface area contributed by atoms with Gasteiger partial charge in [0.25, 0.3) is 5.56 Å². The molecule has 0 saturated carbocycles. The van der Waals surface area contributed by atoms with Gasteiger partial charge in [0.1, 0.15) is 24.4 Å². The monoisotopic (exact) mass is 300 g/mol. The summed E-state index contributed by atoms with van der Waals surface area (Å²) in [6, 6.07) is 0. The molecule has 0 amide bonds. The largest absolute Gasteiger partial charge is 0.394 e. The minimum absolute atomic E-state index is 0.165. The Morgan fingerprint density at radius 2 is 2.10 bits per heavy atom. The minimum atomic E-state index is -1.47. The van der Waals surface area contributed by atoms with Crippen molar-refractivity contribution in [1.29, 1.82) is 0 Å². The van der Waals surface area contributed by atoms with E-state index >= 15 is 0 Å². The topological polar surface area (TPSA) is 145 Å². The lowest BCUT2D eigenvalue weighted by Gasteiger charge is -2.18. The Morgan fingerprint density at radius 1 is 1.43 bits per heavy atom. The molecule has 21 heavy (non-hydrogen) atoms. The molecule has 0 bridgehead atoms. The molecule has 1 aliphatic rings. The Bertz CT molecular complexity index is 637. The number of aliphatic hydroxyl groups excluding tert-OH is 4. The number of ether oxygens (including phenoxy) is 1. The maximum absolute atomic E-state index is 11.8. The van der Waals surface area contributed by atoms with Gasteiger partial charge in [-0.15, -0.1) is 6.58 Å². The van der Waals surface area contributed by atoms with Crippen molar-refractivity contribution in [3.05, 3.63) is 45.3 Å². The van der Waals surface area contributed by atoms with Crippen molar-refractivity contribution in [3.63, 3.8) is 0 Å². The van der Waals surface area contributed by atoms with Gasteiger partial charge in [0.15, 0.2) is 6.23 Å². The molecular weight excluding hydrogens is 284 g/mol. The van der Waals surface area contributed by atoms with Crippen LogP contribution in [0.1, 0.15) is 17.9 Å². The van der Waals surface area contributed by atoms with Gasteiger partial charge >= 0.3 is 5.69 Å². The number of aromatic nitrogens is 2. The lowest BCUT2D eigenvalue weighted by Crippen LogP contribution is -2.39. The molecule has 1 aliphatic heterocycles. The highest BCUT2D eigenvalue weighted by molar-refractivity contribution is 5.13. The molecule has 116 valence electrons. The number of aliphatic hydroxyl groups is 4. The number of rotatable bonds is 4. The normalized spacial score (nSPS) is 30.3. The van der Waals surface area contributed by atoms with Crippen LogP contribution in [0.25, 0.3) is 0 Å². The third kappa shape index (κ3) is 2.69. The van der Waals surface area contributed by atoms with Crippen molar-refractivity contribution >= 4 is 0 Å². The van der Waals surface area contributed by atoms with Gasteiger partial charge in [-0.05, 0) is 0 Å². The maximum atomic E-state index is 11.8. The van der Waals surface area contributed by atoms with E-state index in [0.717, 1.165) is 16.8 Å². The molecule has 9 nitrogen and oxygen atoms in total. The summed E-state index contributed by atoms with van der Waals surface area (Å²) in [5.41, 5.74) is -1.84. The number of hydrogen-bond donors (Lipinski definition) is 5. The zero-order chi connectivity index (χ0) is 15.7. The first kappa shape index (κ1) is 15.6. The standard InChI is InChI=1S/C12H16N2O7/c1-2-6(16)5-3-14(12(20)13-10(5)19)11-9(18)8(17)7(4-15)21-11/h2-3,6-9,11,15-18H,1,4H2,(H,13,19,20)/t6?,7-,8-,9-,11-/m1/s1. The van der Waals surface area contributed by atoms with E-state index in [9.17, 15) is 24.9 Å². The first-order chi connectivity index (χ1) is 9.90. The summed E-state index contributed by atoms with van der Waals surface area (Å²) in [6.07, 6.45) is -4.40. The van der Waals surface area contributed by atoms with Crippen LogP contribution in [-0.2, 0) is 4.74 Å². The smallest absolute Gasteiger partial charge is 0.330 e. The van der Waals surface area contributed by atoms with Gasteiger partial charge in [-0.1, -0.05) is 6.08 Å². The molecule has 5 N–H and O–H groups in total. The fraction of sp³-hybridized carbons (Fsp3) is 0.500. The molecule has 1 aromatic heterocycles. The average molecular weight is 300 g/mol. The summed E-state index contributed by atoms with van der Waals surface area (Å²) in [5.74, 6) is 0. The van der Waals surface area contributed by atoms with E-state index in [1.54, 1.807) is 0 Å². The molecule has 1 saturated heterocycles. The van der Waals surface area contributed by atoms with Gasteiger partial charge < -0.3 is 25.2 Å². The van der Waals surface area contributed by atoms with Gasteiger partial charge in [0.05, 0.1) is 12.2 Å². The summed E-state index contributed by atoms with van der Waals surface area (Å²) in [5, 5.41) is 38.2. The van der Waals surface area contributed by atoms with Crippen molar-refractivity contribution < 1.29 is 25.2 Å². The number of hydrogen-bond acceptors (Lipinski definition) is 7. The molecule has 0 radical (unpaired) electrons. The Hall–Kier alpha value is -1.78. The Labute approximate surface area is 118 Å². The Balaban J connectivity index is 2.47. The molecule has 0 aromatic carbocycles. The molecule has 1 unspecified atom stereocenters. The van der Waals surface area contributed by atoms with Crippen LogP contribution in [0.3, 0.4) is 0 Å². The van der Waals surface area contributed by atoms with E-state index in [2.05, 4.69) is 6.58 Å².